The first-order valence-corrected chi connectivity index (χ1v) is 8.07. The molecule has 126 valence electrons. The van der Waals surface area contributed by atoms with Gasteiger partial charge < -0.3 is 14.7 Å². The van der Waals surface area contributed by atoms with Crippen LogP contribution < -0.4 is 0 Å². The number of halogens is 1. The zero-order chi connectivity index (χ0) is 16.9. The van der Waals surface area contributed by atoms with Crippen molar-refractivity contribution >= 4 is 5.91 Å². The summed E-state index contributed by atoms with van der Waals surface area (Å²) in [6, 6.07) is 13.4. The van der Waals surface area contributed by atoms with Crippen LogP contribution in [0.2, 0.25) is 0 Å². The van der Waals surface area contributed by atoms with Gasteiger partial charge in [-0.3, -0.25) is 4.79 Å². The third-order valence-corrected chi connectivity index (χ3v) is 4.25. The Labute approximate surface area is 140 Å². The van der Waals surface area contributed by atoms with Gasteiger partial charge in [-0.1, -0.05) is 30.3 Å². The van der Waals surface area contributed by atoms with Gasteiger partial charge in [-0.15, -0.1) is 0 Å². The van der Waals surface area contributed by atoms with E-state index in [-0.39, 0.29) is 23.3 Å². The summed E-state index contributed by atoms with van der Waals surface area (Å²) < 4.78 is 19.2. The average Bonchev–Trinajstić information content (AvgIpc) is 2.63. The molecule has 1 amide bonds. The lowest BCUT2D eigenvalue weighted by atomic mass is 10.1. The number of nitrogens with zero attached hydrogens (tertiary/aromatic N) is 1. The molecule has 0 atom stereocenters. The van der Waals surface area contributed by atoms with Crippen molar-refractivity contribution in [3.63, 3.8) is 0 Å². The van der Waals surface area contributed by atoms with Crippen LogP contribution in [0, 0.1) is 5.82 Å². The molecule has 1 fully saturated rings. The van der Waals surface area contributed by atoms with Crippen LogP contribution in [0.15, 0.2) is 48.5 Å². The number of phenols is 1. The SMILES string of the molecule is O=C(c1cc(F)ccc1O)N1CCC(OCc2ccccc2)CC1. The van der Waals surface area contributed by atoms with Crippen LogP contribution in [-0.4, -0.2) is 35.1 Å². The number of likely N-dealkylation sites (tertiary alicyclic amines) is 1. The molecule has 0 saturated carbocycles. The first-order valence-electron chi connectivity index (χ1n) is 8.07. The Morgan fingerprint density at radius 1 is 1.17 bits per heavy atom. The minimum atomic E-state index is -0.530. The molecule has 2 aromatic rings. The maximum atomic E-state index is 13.3. The number of ether oxygens (including phenoxy) is 1. The van der Waals surface area contributed by atoms with Gasteiger partial charge in [-0.25, -0.2) is 4.39 Å². The van der Waals surface area contributed by atoms with Crippen LogP contribution in [0.25, 0.3) is 0 Å². The van der Waals surface area contributed by atoms with Gasteiger partial charge in [0.05, 0.1) is 18.3 Å². The summed E-state index contributed by atoms with van der Waals surface area (Å²) in [5, 5.41) is 9.76. The van der Waals surface area contributed by atoms with Crippen molar-refractivity contribution < 1.29 is 19.0 Å². The zero-order valence-corrected chi connectivity index (χ0v) is 13.3. The van der Waals surface area contributed by atoms with Gasteiger partial charge in [0.2, 0.25) is 0 Å². The maximum absolute atomic E-state index is 13.3. The second-order valence-electron chi connectivity index (χ2n) is 5.95. The van der Waals surface area contributed by atoms with Gasteiger partial charge in [0.1, 0.15) is 11.6 Å². The van der Waals surface area contributed by atoms with E-state index in [2.05, 4.69) is 0 Å². The quantitative estimate of drug-likeness (QED) is 0.936. The largest absolute Gasteiger partial charge is 0.507 e. The highest BCUT2D eigenvalue weighted by Crippen LogP contribution is 2.23. The van der Waals surface area contributed by atoms with Gasteiger partial charge in [0, 0.05) is 13.1 Å². The number of phenolic OH excluding ortho intramolecular Hbond substituents is 1. The summed E-state index contributed by atoms with van der Waals surface area (Å²) in [5.41, 5.74) is 1.14. The van der Waals surface area contributed by atoms with Crippen molar-refractivity contribution in [2.24, 2.45) is 0 Å². The number of benzene rings is 2. The van der Waals surface area contributed by atoms with E-state index in [1.54, 1.807) is 4.90 Å². The summed E-state index contributed by atoms with van der Waals surface area (Å²) in [5.74, 6) is -1.06. The van der Waals surface area contributed by atoms with E-state index in [0.717, 1.165) is 30.5 Å². The molecule has 0 unspecified atom stereocenters. The van der Waals surface area contributed by atoms with Crippen molar-refractivity contribution in [3.05, 3.63) is 65.5 Å². The summed E-state index contributed by atoms with van der Waals surface area (Å²) >= 11 is 0. The second-order valence-corrected chi connectivity index (χ2v) is 5.95. The van der Waals surface area contributed by atoms with E-state index in [1.807, 2.05) is 30.3 Å². The first-order chi connectivity index (χ1) is 11.6. The Hall–Kier alpha value is -2.40. The predicted octanol–water partition coefficient (Wildman–Crippen LogP) is 3.35. The number of aromatic hydroxyl groups is 1. The Balaban J connectivity index is 1.53. The number of carbonyl (C=O) groups is 1. The molecule has 24 heavy (non-hydrogen) atoms. The summed E-state index contributed by atoms with van der Waals surface area (Å²) in [4.78, 5) is 14.1. The number of amides is 1. The molecule has 1 saturated heterocycles. The highest BCUT2D eigenvalue weighted by Gasteiger charge is 2.25. The smallest absolute Gasteiger partial charge is 0.257 e. The third-order valence-electron chi connectivity index (χ3n) is 4.25. The summed E-state index contributed by atoms with van der Waals surface area (Å²) in [6.45, 7) is 1.63. The molecule has 5 heteroatoms. The van der Waals surface area contributed by atoms with Crippen molar-refractivity contribution in [1.29, 1.82) is 0 Å². The van der Waals surface area contributed by atoms with Crippen LogP contribution >= 0.6 is 0 Å². The summed E-state index contributed by atoms with van der Waals surface area (Å²) in [7, 11) is 0. The molecule has 0 aromatic heterocycles. The van der Waals surface area contributed by atoms with Gasteiger partial charge in [0.25, 0.3) is 5.91 Å². The molecule has 1 aliphatic rings. The molecule has 0 bridgehead atoms. The minimum absolute atomic E-state index is 0.0126. The van der Waals surface area contributed by atoms with E-state index in [1.165, 1.54) is 6.07 Å². The molecule has 0 radical (unpaired) electrons. The number of rotatable bonds is 4. The normalized spacial score (nSPS) is 15.5. The Kier molecular flexibility index (Phi) is 5.11. The van der Waals surface area contributed by atoms with Gasteiger partial charge in [-0.2, -0.15) is 0 Å². The molecule has 3 rings (SSSR count). The van der Waals surface area contributed by atoms with E-state index < -0.39 is 5.82 Å². The zero-order valence-electron chi connectivity index (χ0n) is 13.3. The monoisotopic (exact) mass is 329 g/mol. The minimum Gasteiger partial charge on any atom is -0.507 e. The fourth-order valence-electron chi connectivity index (χ4n) is 2.86. The van der Waals surface area contributed by atoms with E-state index in [9.17, 15) is 14.3 Å². The molecule has 4 nitrogen and oxygen atoms in total. The molecule has 1 N–H and O–H groups in total. The molecule has 0 aliphatic carbocycles. The maximum Gasteiger partial charge on any atom is 0.257 e. The number of hydrogen-bond acceptors (Lipinski definition) is 3. The van der Waals surface area contributed by atoms with Crippen LogP contribution in [0.1, 0.15) is 28.8 Å². The van der Waals surface area contributed by atoms with Crippen molar-refractivity contribution in [1.82, 2.24) is 4.90 Å². The van der Waals surface area contributed by atoms with Crippen LogP contribution in [-0.2, 0) is 11.3 Å². The summed E-state index contributed by atoms with van der Waals surface area (Å²) in [6.07, 6.45) is 1.57. The van der Waals surface area contributed by atoms with E-state index in [4.69, 9.17) is 4.74 Å². The highest BCUT2D eigenvalue weighted by atomic mass is 19.1. The Morgan fingerprint density at radius 2 is 1.88 bits per heavy atom. The van der Waals surface area contributed by atoms with Crippen molar-refractivity contribution in [2.75, 3.05) is 13.1 Å². The lowest BCUT2D eigenvalue weighted by Crippen LogP contribution is -2.40. The molecular weight excluding hydrogens is 309 g/mol. The Morgan fingerprint density at radius 3 is 2.58 bits per heavy atom. The number of hydrogen-bond donors (Lipinski definition) is 1. The topological polar surface area (TPSA) is 49.8 Å². The van der Waals surface area contributed by atoms with Crippen molar-refractivity contribution in [2.45, 2.75) is 25.6 Å². The van der Waals surface area contributed by atoms with Crippen molar-refractivity contribution in [3.8, 4) is 5.75 Å². The van der Waals surface area contributed by atoms with E-state index >= 15 is 0 Å². The predicted molar refractivity (Wildman–Crippen MR) is 88.2 cm³/mol. The van der Waals surface area contributed by atoms with E-state index in [0.29, 0.717) is 19.7 Å². The fourth-order valence-corrected chi connectivity index (χ4v) is 2.86. The lowest BCUT2D eigenvalue weighted by molar-refractivity contribution is -0.000439. The highest BCUT2D eigenvalue weighted by molar-refractivity contribution is 5.96. The van der Waals surface area contributed by atoms with Gasteiger partial charge in [-0.05, 0) is 36.6 Å². The van der Waals surface area contributed by atoms with Crippen LogP contribution in [0.4, 0.5) is 4.39 Å². The number of carbonyl (C=O) groups excluding carboxylic acids is 1. The van der Waals surface area contributed by atoms with Crippen LogP contribution in [0.5, 0.6) is 5.75 Å². The average molecular weight is 329 g/mol. The van der Waals surface area contributed by atoms with Gasteiger partial charge >= 0.3 is 0 Å². The molecular formula is C19H20FNO3. The molecule has 1 heterocycles. The Bertz CT molecular complexity index is 697. The van der Waals surface area contributed by atoms with Gasteiger partial charge in [0.15, 0.2) is 0 Å². The molecule has 0 spiro atoms. The molecule has 1 aliphatic heterocycles. The van der Waals surface area contributed by atoms with Crippen LogP contribution in [0.3, 0.4) is 0 Å². The standard InChI is InChI=1S/C19H20FNO3/c20-15-6-7-18(22)17(12-15)19(23)21-10-8-16(9-11-21)24-13-14-4-2-1-3-5-14/h1-7,12,16,22H,8-11,13H2. The lowest BCUT2D eigenvalue weighted by Gasteiger charge is -2.32. The number of piperidine rings is 1. The first kappa shape index (κ1) is 16.5. The second kappa shape index (κ2) is 7.45. The molecule has 2 aromatic carbocycles. The third kappa shape index (κ3) is 3.92. The fraction of sp³-hybridized carbons (Fsp3) is 0.316.